The molecule has 8 nitrogen and oxygen atoms in total. The molecular formula is C25H35N5O3. The van der Waals surface area contributed by atoms with Crippen LogP contribution in [-0.4, -0.2) is 77.5 Å². The molecule has 33 heavy (non-hydrogen) atoms. The van der Waals surface area contributed by atoms with Gasteiger partial charge in [0.25, 0.3) is 0 Å². The number of hydrogen-bond acceptors (Lipinski definition) is 3. The first-order valence-corrected chi connectivity index (χ1v) is 12.5. The van der Waals surface area contributed by atoms with Gasteiger partial charge in [-0.25, -0.2) is 9.59 Å². The van der Waals surface area contributed by atoms with Crippen LogP contribution in [0.15, 0.2) is 30.3 Å². The number of likely N-dealkylation sites (tertiary alicyclic amines) is 2. The SMILES string of the molecule is O=C(NCc1ccccc1)NC1CCN(C(=O)N2CC3CC(C2)[C@H]2CCCC(=O)N2C3)CC1. The average Bonchev–Trinajstić information content (AvgIpc) is 2.84. The van der Waals surface area contributed by atoms with Crippen molar-refractivity contribution in [2.24, 2.45) is 11.8 Å². The molecule has 178 valence electrons. The first kappa shape index (κ1) is 22.0. The molecule has 4 aliphatic rings. The predicted molar refractivity (Wildman–Crippen MR) is 124 cm³/mol. The van der Waals surface area contributed by atoms with E-state index in [9.17, 15) is 14.4 Å². The lowest BCUT2D eigenvalue weighted by Crippen LogP contribution is -2.62. The summed E-state index contributed by atoms with van der Waals surface area (Å²) in [5.41, 5.74) is 1.07. The maximum Gasteiger partial charge on any atom is 0.320 e. The van der Waals surface area contributed by atoms with Crippen LogP contribution in [0.4, 0.5) is 9.59 Å². The lowest BCUT2D eigenvalue weighted by molar-refractivity contribution is -0.144. The largest absolute Gasteiger partial charge is 0.339 e. The van der Waals surface area contributed by atoms with Crippen molar-refractivity contribution < 1.29 is 14.4 Å². The van der Waals surface area contributed by atoms with Gasteiger partial charge in [-0.2, -0.15) is 0 Å². The Hall–Kier alpha value is -2.77. The Balaban J connectivity index is 1.08. The molecular weight excluding hydrogens is 418 g/mol. The molecule has 5 amide bonds. The summed E-state index contributed by atoms with van der Waals surface area (Å²) in [5.74, 6) is 1.12. The number of piperidine rings is 4. The molecule has 2 N–H and O–H groups in total. The lowest BCUT2D eigenvalue weighted by Gasteiger charge is -2.53. The summed E-state index contributed by atoms with van der Waals surface area (Å²) in [6.07, 6.45) is 5.43. The van der Waals surface area contributed by atoms with Crippen LogP contribution in [0.5, 0.6) is 0 Å². The van der Waals surface area contributed by atoms with Crippen molar-refractivity contribution in [2.45, 2.75) is 57.2 Å². The Morgan fingerprint density at radius 3 is 2.55 bits per heavy atom. The Morgan fingerprint density at radius 2 is 1.76 bits per heavy atom. The third-order valence-corrected chi connectivity index (χ3v) is 7.85. The summed E-state index contributed by atoms with van der Waals surface area (Å²) < 4.78 is 0. The van der Waals surface area contributed by atoms with E-state index in [0.29, 0.717) is 49.8 Å². The number of rotatable bonds is 3. The molecule has 2 unspecified atom stereocenters. The standard InChI is InChI=1S/C25H35N5O3/c31-23-8-4-7-22-20-13-19(16-30(22)23)15-29(17-20)25(33)28-11-9-21(10-12-28)27-24(32)26-14-18-5-2-1-3-6-18/h1-3,5-6,19-22H,4,7-17H2,(H2,26,27,32)/t19?,20?,22-/m1/s1. The quantitative estimate of drug-likeness (QED) is 0.737. The van der Waals surface area contributed by atoms with Gasteiger partial charge < -0.3 is 25.3 Å². The zero-order valence-electron chi connectivity index (χ0n) is 19.2. The van der Waals surface area contributed by atoms with Gasteiger partial charge in [0.15, 0.2) is 0 Å². The Labute approximate surface area is 195 Å². The highest BCUT2D eigenvalue weighted by molar-refractivity contribution is 5.78. The minimum Gasteiger partial charge on any atom is -0.339 e. The minimum atomic E-state index is -0.154. The molecule has 1 aromatic carbocycles. The molecule has 0 aromatic heterocycles. The van der Waals surface area contributed by atoms with Crippen LogP contribution in [0.3, 0.4) is 0 Å². The third kappa shape index (κ3) is 4.94. The molecule has 0 saturated carbocycles. The Morgan fingerprint density at radius 1 is 0.970 bits per heavy atom. The van der Waals surface area contributed by atoms with Crippen LogP contribution in [-0.2, 0) is 11.3 Å². The fraction of sp³-hybridized carbons (Fsp3) is 0.640. The van der Waals surface area contributed by atoms with Crippen molar-refractivity contribution in [1.82, 2.24) is 25.3 Å². The Kier molecular flexibility index (Phi) is 6.42. The van der Waals surface area contributed by atoms with E-state index in [1.165, 1.54) is 0 Å². The fourth-order valence-corrected chi connectivity index (χ4v) is 6.20. The predicted octanol–water partition coefficient (Wildman–Crippen LogP) is 2.40. The number of carbonyl (C=O) groups is 3. The smallest absolute Gasteiger partial charge is 0.320 e. The number of fused-ring (bicyclic) bond motifs is 4. The van der Waals surface area contributed by atoms with Gasteiger partial charge in [0.2, 0.25) is 5.91 Å². The van der Waals surface area contributed by atoms with Crippen molar-refractivity contribution in [2.75, 3.05) is 32.7 Å². The average molecular weight is 454 g/mol. The van der Waals surface area contributed by atoms with E-state index in [-0.39, 0.29) is 18.1 Å². The zero-order chi connectivity index (χ0) is 22.8. The second kappa shape index (κ2) is 9.61. The summed E-state index contributed by atoms with van der Waals surface area (Å²) in [4.78, 5) is 44.0. The highest BCUT2D eigenvalue weighted by Crippen LogP contribution is 2.38. The summed E-state index contributed by atoms with van der Waals surface area (Å²) in [6, 6.07) is 10.2. The first-order valence-electron chi connectivity index (χ1n) is 12.5. The maximum absolute atomic E-state index is 13.3. The number of benzene rings is 1. The molecule has 1 aromatic rings. The van der Waals surface area contributed by atoms with E-state index in [1.54, 1.807) is 0 Å². The van der Waals surface area contributed by atoms with Crippen molar-refractivity contribution in [3.05, 3.63) is 35.9 Å². The second-order valence-electron chi connectivity index (χ2n) is 10.1. The molecule has 4 saturated heterocycles. The molecule has 8 heteroatoms. The van der Waals surface area contributed by atoms with Crippen LogP contribution < -0.4 is 10.6 Å². The number of urea groups is 2. The van der Waals surface area contributed by atoms with Gasteiger partial charge >= 0.3 is 12.1 Å². The topological polar surface area (TPSA) is 85.0 Å². The second-order valence-corrected chi connectivity index (χ2v) is 10.1. The summed E-state index contributed by atoms with van der Waals surface area (Å²) in [6.45, 7) is 4.18. The van der Waals surface area contributed by atoms with E-state index < -0.39 is 0 Å². The normalized spacial score (nSPS) is 27.7. The molecule has 4 heterocycles. The zero-order valence-corrected chi connectivity index (χ0v) is 19.2. The molecule has 4 fully saturated rings. The Bertz CT molecular complexity index is 870. The summed E-state index contributed by atoms with van der Waals surface area (Å²) >= 11 is 0. The minimum absolute atomic E-state index is 0.0902. The highest BCUT2D eigenvalue weighted by Gasteiger charge is 2.45. The summed E-state index contributed by atoms with van der Waals surface area (Å²) in [5, 5.41) is 5.97. The molecule has 0 aliphatic carbocycles. The van der Waals surface area contributed by atoms with Crippen molar-refractivity contribution in [3.63, 3.8) is 0 Å². The van der Waals surface area contributed by atoms with Crippen LogP contribution in [0.25, 0.3) is 0 Å². The molecule has 4 aliphatic heterocycles. The van der Waals surface area contributed by atoms with Gasteiger partial charge in [-0.1, -0.05) is 30.3 Å². The van der Waals surface area contributed by atoms with Gasteiger partial charge in [-0.15, -0.1) is 0 Å². The molecule has 2 bridgehead atoms. The molecule has 0 spiro atoms. The van der Waals surface area contributed by atoms with Crippen LogP contribution >= 0.6 is 0 Å². The van der Waals surface area contributed by atoms with Crippen molar-refractivity contribution in [3.8, 4) is 0 Å². The van der Waals surface area contributed by atoms with Crippen LogP contribution in [0, 0.1) is 11.8 Å². The van der Waals surface area contributed by atoms with E-state index >= 15 is 0 Å². The highest BCUT2D eigenvalue weighted by atomic mass is 16.2. The monoisotopic (exact) mass is 453 g/mol. The van der Waals surface area contributed by atoms with Crippen LogP contribution in [0.2, 0.25) is 0 Å². The van der Waals surface area contributed by atoms with Gasteiger partial charge in [-0.3, -0.25) is 4.79 Å². The van der Waals surface area contributed by atoms with Crippen molar-refractivity contribution >= 4 is 18.0 Å². The lowest BCUT2D eigenvalue weighted by atomic mass is 9.76. The molecule has 0 radical (unpaired) electrons. The van der Waals surface area contributed by atoms with E-state index in [2.05, 4.69) is 15.5 Å². The molecule has 3 atom stereocenters. The first-order chi connectivity index (χ1) is 16.1. The van der Waals surface area contributed by atoms with Crippen LogP contribution in [0.1, 0.15) is 44.1 Å². The van der Waals surface area contributed by atoms with Crippen molar-refractivity contribution in [1.29, 1.82) is 0 Å². The number of amides is 5. The fourth-order valence-electron chi connectivity index (χ4n) is 6.20. The van der Waals surface area contributed by atoms with Gasteiger partial charge in [0, 0.05) is 57.8 Å². The number of nitrogens with one attached hydrogen (secondary N) is 2. The number of nitrogens with zero attached hydrogens (tertiary/aromatic N) is 3. The maximum atomic E-state index is 13.3. The number of hydrogen-bond donors (Lipinski definition) is 2. The van der Waals surface area contributed by atoms with Gasteiger partial charge in [-0.05, 0) is 49.5 Å². The summed E-state index contributed by atoms with van der Waals surface area (Å²) in [7, 11) is 0. The number of carbonyl (C=O) groups excluding carboxylic acids is 3. The van der Waals surface area contributed by atoms with Gasteiger partial charge in [0.1, 0.15) is 0 Å². The van der Waals surface area contributed by atoms with Gasteiger partial charge in [0.05, 0.1) is 0 Å². The van der Waals surface area contributed by atoms with E-state index in [1.807, 2.05) is 40.1 Å². The molecule has 5 rings (SSSR count). The third-order valence-electron chi connectivity index (χ3n) is 7.85. The van der Waals surface area contributed by atoms with E-state index in [4.69, 9.17) is 0 Å². The van der Waals surface area contributed by atoms with E-state index in [0.717, 1.165) is 57.3 Å².